The van der Waals surface area contributed by atoms with Crippen LogP contribution in [-0.2, 0) is 4.79 Å². The molecule has 3 nitrogen and oxygen atoms in total. The summed E-state index contributed by atoms with van der Waals surface area (Å²) in [6.07, 6.45) is 2.32. The first-order chi connectivity index (χ1) is 5.91. The fourth-order valence-corrected chi connectivity index (χ4v) is 1.88. The zero-order chi connectivity index (χ0) is 10.1. The lowest BCUT2D eigenvalue weighted by atomic mass is 9.92. The molecule has 1 amide bonds. The minimum Gasteiger partial charge on any atom is -0.384 e. The molecule has 0 radical (unpaired) electrons. The standard InChI is InChI=1S/C10H19NO2/c1-7(12)9(13)11-8-4-5-10(2,3)6-8/h7-8,12H,4-6H2,1-3H3,(H,11,13)/t7-,8?/m0/s1. The predicted octanol–water partition coefficient (Wildman–Crippen LogP) is 1.06. The van der Waals surface area contributed by atoms with Crippen molar-refractivity contribution in [2.45, 2.75) is 52.2 Å². The second-order valence-electron chi connectivity index (χ2n) is 4.79. The maximum absolute atomic E-state index is 11.1. The van der Waals surface area contributed by atoms with Crippen LogP contribution in [0.25, 0.3) is 0 Å². The highest BCUT2D eigenvalue weighted by atomic mass is 16.3. The van der Waals surface area contributed by atoms with Crippen molar-refractivity contribution in [2.24, 2.45) is 5.41 Å². The van der Waals surface area contributed by atoms with E-state index in [-0.39, 0.29) is 11.9 Å². The SMILES string of the molecule is C[C@H](O)C(=O)NC1CCC(C)(C)C1. The van der Waals surface area contributed by atoms with Gasteiger partial charge in [0.25, 0.3) is 0 Å². The highest BCUT2D eigenvalue weighted by Crippen LogP contribution is 2.36. The second-order valence-corrected chi connectivity index (χ2v) is 4.79. The van der Waals surface area contributed by atoms with E-state index in [1.165, 1.54) is 6.92 Å². The van der Waals surface area contributed by atoms with Crippen molar-refractivity contribution in [1.82, 2.24) is 5.32 Å². The summed E-state index contributed by atoms with van der Waals surface area (Å²) in [6, 6.07) is 0.261. The molecule has 3 heteroatoms. The lowest BCUT2D eigenvalue weighted by Crippen LogP contribution is -2.39. The molecule has 13 heavy (non-hydrogen) atoms. The molecule has 0 spiro atoms. The van der Waals surface area contributed by atoms with Crippen molar-refractivity contribution in [1.29, 1.82) is 0 Å². The molecule has 1 unspecified atom stereocenters. The van der Waals surface area contributed by atoms with Crippen molar-refractivity contribution < 1.29 is 9.90 Å². The third-order valence-corrected chi connectivity index (χ3v) is 2.69. The number of amides is 1. The number of hydrogen-bond acceptors (Lipinski definition) is 2. The Morgan fingerprint density at radius 2 is 2.23 bits per heavy atom. The summed E-state index contributed by atoms with van der Waals surface area (Å²) in [6.45, 7) is 5.92. The van der Waals surface area contributed by atoms with E-state index in [4.69, 9.17) is 5.11 Å². The van der Waals surface area contributed by atoms with E-state index < -0.39 is 6.10 Å². The van der Waals surface area contributed by atoms with Crippen molar-refractivity contribution in [3.63, 3.8) is 0 Å². The van der Waals surface area contributed by atoms with Crippen LogP contribution < -0.4 is 5.32 Å². The Bertz CT molecular complexity index is 199. The quantitative estimate of drug-likeness (QED) is 0.676. The van der Waals surface area contributed by atoms with Gasteiger partial charge >= 0.3 is 0 Å². The van der Waals surface area contributed by atoms with Crippen LogP contribution in [0.15, 0.2) is 0 Å². The number of aliphatic hydroxyl groups excluding tert-OH is 1. The Kier molecular flexibility index (Phi) is 2.96. The van der Waals surface area contributed by atoms with Gasteiger partial charge in [0.15, 0.2) is 0 Å². The monoisotopic (exact) mass is 185 g/mol. The third-order valence-electron chi connectivity index (χ3n) is 2.69. The van der Waals surface area contributed by atoms with E-state index in [1.54, 1.807) is 0 Å². The number of hydrogen-bond donors (Lipinski definition) is 2. The van der Waals surface area contributed by atoms with Crippen molar-refractivity contribution in [3.8, 4) is 0 Å². The molecule has 1 aliphatic carbocycles. The molecule has 0 aliphatic heterocycles. The summed E-state index contributed by atoms with van der Waals surface area (Å²) < 4.78 is 0. The van der Waals surface area contributed by atoms with Gasteiger partial charge in [-0.05, 0) is 31.6 Å². The van der Waals surface area contributed by atoms with Gasteiger partial charge in [-0.2, -0.15) is 0 Å². The van der Waals surface area contributed by atoms with Crippen molar-refractivity contribution in [3.05, 3.63) is 0 Å². The number of rotatable bonds is 2. The number of carbonyl (C=O) groups excluding carboxylic acids is 1. The summed E-state index contributed by atoms with van der Waals surface area (Å²) in [5.41, 5.74) is 0.344. The largest absolute Gasteiger partial charge is 0.384 e. The van der Waals surface area contributed by atoms with Crippen LogP contribution in [0.3, 0.4) is 0 Å². The fraction of sp³-hybridized carbons (Fsp3) is 0.900. The molecule has 0 saturated heterocycles. The van der Waals surface area contributed by atoms with Crippen LogP contribution in [0.2, 0.25) is 0 Å². The highest BCUT2D eigenvalue weighted by molar-refractivity contribution is 5.80. The van der Waals surface area contributed by atoms with Crippen LogP contribution in [0.4, 0.5) is 0 Å². The van der Waals surface area contributed by atoms with E-state index >= 15 is 0 Å². The number of aliphatic hydroxyl groups is 1. The lowest BCUT2D eigenvalue weighted by molar-refractivity contribution is -0.129. The first-order valence-corrected chi connectivity index (χ1v) is 4.89. The second kappa shape index (κ2) is 3.66. The van der Waals surface area contributed by atoms with Crippen molar-refractivity contribution in [2.75, 3.05) is 0 Å². The molecular formula is C10H19NO2. The van der Waals surface area contributed by atoms with Gasteiger partial charge in [-0.25, -0.2) is 0 Å². The summed E-state index contributed by atoms with van der Waals surface area (Å²) in [5, 5.41) is 11.8. The predicted molar refractivity (Wildman–Crippen MR) is 51.2 cm³/mol. The highest BCUT2D eigenvalue weighted by Gasteiger charge is 2.31. The minimum absolute atomic E-state index is 0.247. The molecule has 0 heterocycles. The maximum Gasteiger partial charge on any atom is 0.248 e. The summed E-state index contributed by atoms with van der Waals surface area (Å²) >= 11 is 0. The Morgan fingerprint density at radius 1 is 1.62 bits per heavy atom. The average Bonchev–Trinajstić information content (AvgIpc) is 2.30. The van der Waals surface area contributed by atoms with E-state index in [0.717, 1.165) is 19.3 Å². The van der Waals surface area contributed by atoms with Gasteiger partial charge in [0.05, 0.1) is 0 Å². The van der Waals surface area contributed by atoms with Crippen LogP contribution in [0.5, 0.6) is 0 Å². The molecule has 1 aliphatic rings. The molecule has 2 atom stereocenters. The lowest BCUT2D eigenvalue weighted by Gasteiger charge is -2.18. The Labute approximate surface area is 79.5 Å². The maximum atomic E-state index is 11.1. The van der Waals surface area contributed by atoms with E-state index in [2.05, 4.69) is 19.2 Å². The van der Waals surface area contributed by atoms with Crippen LogP contribution in [0, 0.1) is 5.41 Å². The normalized spacial score (nSPS) is 28.5. The summed E-state index contributed by atoms with van der Waals surface area (Å²) in [4.78, 5) is 11.1. The van der Waals surface area contributed by atoms with Crippen LogP contribution in [-0.4, -0.2) is 23.2 Å². The van der Waals surface area contributed by atoms with E-state index in [0.29, 0.717) is 5.41 Å². The van der Waals surface area contributed by atoms with Crippen LogP contribution >= 0.6 is 0 Å². The fourth-order valence-electron chi connectivity index (χ4n) is 1.88. The van der Waals surface area contributed by atoms with Gasteiger partial charge in [0.1, 0.15) is 6.10 Å². The molecule has 1 saturated carbocycles. The first kappa shape index (κ1) is 10.5. The number of carbonyl (C=O) groups is 1. The topological polar surface area (TPSA) is 49.3 Å². The van der Waals surface area contributed by atoms with E-state index in [1.807, 2.05) is 0 Å². The van der Waals surface area contributed by atoms with Gasteiger partial charge in [-0.1, -0.05) is 13.8 Å². The smallest absolute Gasteiger partial charge is 0.248 e. The Balaban J connectivity index is 2.37. The zero-order valence-corrected chi connectivity index (χ0v) is 8.63. The minimum atomic E-state index is -0.885. The molecule has 1 fully saturated rings. The van der Waals surface area contributed by atoms with Gasteiger partial charge in [0, 0.05) is 6.04 Å². The van der Waals surface area contributed by atoms with Gasteiger partial charge in [-0.3, -0.25) is 4.79 Å². The average molecular weight is 185 g/mol. The van der Waals surface area contributed by atoms with Crippen LogP contribution in [0.1, 0.15) is 40.0 Å². The van der Waals surface area contributed by atoms with Gasteiger partial charge < -0.3 is 10.4 Å². The first-order valence-electron chi connectivity index (χ1n) is 4.89. The Morgan fingerprint density at radius 3 is 2.62 bits per heavy atom. The van der Waals surface area contributed by atoms with E-state index in [9.17, 15) is 4.79 Å². The number of nitrogens with one attached hydrogen (secondary N) is 1. The summed E-state index contributed by atoms with van der Waals surface area (Å²) in [5.74, 6) is -0.247. The summed E-state index contributed by atoms with van der Waals surface area (Å²) in [7, 11) is 0. The van der Waals surface area contributed by atoms with Gasteiger partial charge in [0.2, 0.25) is 5.91 Å². The molecule has 0 aromatic rings. The van der Waals surface area contributed by atoms with Gasteiger partial charge in [-0.15, -0.1) is 0 Å². The third kappa shape index (κ3) is 2.99. The molecule has 76 valence electrons. The molecule has 2 N–H and O–H groups in total. The zero-order valence-electron chi connectivity index (χ0n) is 8.63. The molecule has 0 aromatic heterocycles. The molecular weight excluding hydrogens is 166 g/mol. The van der Waals surface area contributed by atoms with Crippen molar-refractivity contribution >= 4 is 5.91 Å². The molecule has 1 rings (SSSR count). The Hall–Kier alpha value is -0.570. The molecule has 0 aromatic carbocycles. The molecule has 0 bridgehead atoms.